The highest BCUT2D eigenvalue weighted by Crippen LogP contribution is 2.20. The van der Waals surface area contributed by atoms with Crippen molar-refractivity contribution in [2.24, 2.45) is 0 Å². The number of rotatable bonds is 3. The number of carbonyl (C=O) groups excluding carboxylic acids is 1. The minimum absolute atomic E-state index is 0.00561. The first-order chi connectivity index (χ1) is 12.0. The standard InChI is InChI=1S/C18H20ClN3O3/c1-3-13-11-21(8-9-25-13)18(24)17-16(23)10-12(2)22(20-17)15-7-5-4-6-14(15)19/h4-7,10,13H,3,8-9,11H2,1-2H3. The van der Waals surface area contributed by atoms with Crippen molar-refractivity contribution >= 4 is 17.5 Å². The van der Waals surface area contributed by atoms with Crippen molar-refractivity contribution < 1.29 is 9.53 Å². The topological polar surface area (TPSA) is 64.4 Å². The molecule has 0 radical (unpaired) electrons. The van der Waals surface area contributed by atoms with Crippen molar-refractivity contribution in [2.45, 2.75) is 26.4 Å². The van der Waals surface area contributed by atoms with Crippen LogP contribution >= 0.6 is 11.6 Å². The van der Waals surface area contributed by atoms with Crippen LogP contribution in [0.1, 0.15) is 29.5 Å². The summed E-state index contributed by atoms with van der Waals surface area (Å²) in [6, 6.07) is 8.60. The van der Waals surface area contributed by atoms with Crippen LogP contribution in [0, 0.1) is 6.92 Å². The van der Waals surface area contributed by atoms with Gasteiger partial charge in [0.25, 0.3) is 5.91 Å². The molecular weight excluding hydrogens is 342 g/mol. The first-order valence-corrected chi connectivity index (χ1v) is 8.65. The molecule has 0 aliphatic carbocycles. The Bertz CT molecular complexity index is 850. The molecule has 1 aromatic heterocycles. The number of hydrogen-bond acceptors (Lipinski definition) is 4. The van der Waals surface area contributed by atoms with Crippen molar-refractivity contribution in [2.75, 3.05) is 19.7 Å². The van der Waals surface area contributed by atoms with Crippen LogP contribution in [0.2, 0.25) is 5.02 Å². The quantitative estimate of drug-likeness (QED) is 0.842. The minimum Gasteiger partial charge on any atom is -0.375 e. The fourth-order valence-electron chi connectivity index (χ4n) is 2.86. The summed E-state index contributed by atoms with van der Waals surface area (Å²) in [5.74, 6) is -0.368. The lowest BCUT2D eigenvalue weighted by atomic mass is 10.2. The van der Waals surface area contributed by atoms with Gasteiger partial charge in [-0.15, -0.1) is 0 Å². The van der Waals surface area contributed by atoms with E-state index in [1.807, 2.05) is 19.1 Å². The molecule has 132 valence electrons. The van der Waals surface area contributed by atoms with Crippen molar-refractivity contribution in [1.29, 1.82) is 0 Å². The predicted octanol–water partition coefficient (Wildman–Crippen LogP) is 2.45. The van der Waals surface area contributed by atoms with E-state index in [0.29, 0.717) is 36.1 Å². The highest BCUT2D eigenvalue weighted by atomic mass is 35.5. The van der Waals surface area contributed by atoms with E-state index in [4.69, 9.17) is 16.3 Å². The third kappa shape index (κ3) is 3.60. The average molecular weight is 362 g/mol. The summed E-state index contributed by atoms with van der Waals surface area (Å²) in [5.41, 5.74) is 0.764. The summed E-state index contributed by atoms with van der Waals surface area (Å²) < 4.78 is 7.12. The number of ether oxygens (including phenoxy) is 1. The van der Waals surface area contributed by atoms with Crippen LogP contribution < -0.4 is 5.43 Å². The Morgan fingerprint density at radius 1 is 1.40 bits per heavy atom. The SMILES string of the molecule is CCC1CN(C(=O)c2nn(-c3ccccc3Cl)c(C)cc2=O)CCO1. The number of aromatic nitrogens is 2. The molecule has 1 aliphatic rings. The zero-order valence-electron chi connectivity index (χ0n) is 14.2. The molecule has 3 rings (SSSR count). The first-order valence-electron chi connectivity index (χ1n) is 8.28. The maximum atomic E-state index is 12.8. The molecule has 1 aliphatic heterocycles. The molecule has 1 unspecified atom stereocenters. The fraction of sp³-hybridized carbons (Fsp3) is 0.389. The van der Waals surface area contributed by atoms with Gasteiger partial charge >= 0.3 is 0 Å². The van der Waals surface area contributed by atoms with E-state index in [2.05, 4.69) is 5.10 Å². The number of halogens is 1. The molecule has 0 N–H and O–H groups in total. The molecule has 2 aromatic rings. The highest BCUT2D eigenvalue weighted by molar-refractivity contribution is 6.32. The largest absolute Gasteiger partial charge is 0.375 e. The van der Waals surface area contributed by atoms with Crippen molar-refractivity contribution in [3.05, 3.63) is 57.0 Å². The number of amides is 1. The summed E-state index contributed by atoms with van der Waals surface area (Å²) in [7, 11) is 0. The van der Waals surface area contributed by atoms with Gasteiger partial charge in [-0.2, -0.15) is 5.10 Å². The minimum atomic E-state index is -0.384. The summed E-state index contributed by atoms with van der Waals surface area (Å²) >= 11 is 6.24. The normalized spacial score (nSPS) is 17.6. The van der Waals surface area contributed by atoms with Gasteiger partial charge in [-0.3, -0.25) is 9.59 Å². The third-order valence-electron chi connectivity index (χ3n) is 4.27. The second-order valence-electron chi connectivity index (χ2n) is 6.01. The van der Waals surface area contributed by atoms with Gasteiger partial charge in [0.05, 0.1) is 23.4 Å². The van der Waals surface area contributed by atoms with Gasteiger partial charge in [0.15, 0.2) is 5.69 Å². The van der Waals surface area contributed by atoms with Crippen LogP contribution in [-0.2, 0) is 4.74 Å². The molecule has 1 saturated heterocycles. The molecule has 7 heteroatoms. The fourth-order valence-corrected chi connectivity index (χ4v) is 3.08. The van der Waals surface area contributed by atoms with E-state index in [-0.39, 0.29) is 23.1 Å². The van der Waals surface area contributed by atoms with Gasteiger partial charge in [0.1, 0.15) is 0 Å². The number of nitrogens with zero attached hydrogens (tertiary/aromatic N) is 3. The maximum Gasteiger partial charge on any atom is 0.278 e. The summed E-state index contributed by atoms with van der Waals surface area (Å²) in [6.07, 6.45) is 0.809. The third-order valence-corrected chi connectivity index (χ3v) is 4.59. The Kier molecular flexibility index (Phi) is 5.20. The zero-order valence-corrected chi connectivity index (χ0v) is 15.0. The van der Waals surface area contributed by atoms with Gasteiger partial charge < -0.3 is 9.64 Å². The summed E-state index contributed by atoms with van der Waals surface area (Å²) in [6.45, 7) is 5.16. The summed E-state index contributed by atoms with van der Waals surface area (Å²) in [4.78, 5) is 26.8. The Balaban J connectivity index is 2.00. The van der Waals surface area contributed by atoms with E-state index in [1.54, 1.807) is 24.0 Å². The number of carbonyl (C=O) groups is 1. The van der Waals surface area contributed by atoms with Crippen LogP contribution in [0.15, 0.2) is 35.1 Å². The van der Waals surface area contributed by atoms with Gasteiger partial charge in [-0.1, -0.05) is 30.7 Å². The van der Waals surface area contributed by atoms with E-state index < -0.39 is 0 Å². The molecule has 25 heavy (non-hydrogen) atoms. The predicted molar refractivity (Wildman–Crippen MR) is 95.5 cm³/mol. The van der Waals surface area contributed by atoms with E-state index in [1.165, 1.54) is 10.7 Å². The molecule has 1 aromatic carbocycles. The van der Waals surface area contributed by atoms with Crippen LogP contribution in [0.5, 0.6) is 0 Å². The molecule has 2 heterocycles. The number of benzene rings is 1. The lowest BCUT2D eigenvalue weighted by Gasteiger charge is -2.32. The second kappa shape index (κ2) is 7.37. The van der Waals surface area contributed by atoms with Gasteiger partial charge in [0, 0.05) is 24.8 Å². The molecule has 0 saturated carbocycles. The lowest BCUT2D eigenvalue weighted by Crippen LogP contribution is -2.47. The number of hydrogen-bond donors (Lipinski definition) is 0. The molecule has 1 atom stereocenters. The molecular formula is C18H20ClN3O3. The van der Waals surface area contributed by atoms with Crippen molar-refractivity contribution in [3.63, 3.8) is 0 Å². The molecule has 6 nitrogen and oxygen atoms in total. The number of morpholine rings is 1. The molecule has 1 amide bonds. The zero-order chi connectivity index (χ0) is 18.0. The Morgan fingerprint density at radius 3 is 2.88 bits per heavy atom. The Labute approximate surface area is 151 Å². The Hall–Kier alpha value is -2.18. The number of aryl methyl sites for hydroxylation is 1. The maximum absolute atomic E-state index is 12.8. The highest BCUT2D eigenvalue weighted by Gasteiger charge is 2.27. The van der Waals surface area contributed by atoms with Crippen molar-refractivity contribution in [3.8, 4) is 5.69 Å². The van der Waals surface area contributed by atoms with Gasteiger partial charge in [0.2, 0.25) is 5.43 Å². The van der Waals surface area contributed by atoms with Crippen LogP contribution in [0.25, 0.3) is 5.69 Å². The van der Waals surface area contributed by atoms with E-state index in [0.717, 1.165) is 6.42 Å². The van der Waals surface area contributed by atoms with E-state index >= 15 is 0 Å². The molecule has 1 fully saturated rings. The van der Waals surface area contributed by atoms with Gasteiger partial charge in [-0.25, -0.2) is 4.68 Å². The van der Waals surface area contributed by atoms with Crippen LogP contribution in [0.3, 0.4) is 0 Å². The Morgan fingerprint density at radius 2 is 2.16 bits per heavy atom. The van der Waals surface area contributed by atoms with Crippen LogP contribution in [-0.4, -0.2) is 46.4 Å². The second-order valence-corrected chi connectivity index (χ2v) is 6.42. The van der Waals surface area contributed by atoms with E-state index in [9.17, 15) is 9.59 Å². The lowest BCUT2D eigenvalue weighted by molar-refractivity contribution is -0.0229. The van der Waals surface area contributed by atoms with Crippen LogP contribution in [0.4, 0.5) is 0 Å². The average Bonchev–Trinajstić information content (AvgIpc) is 2.62. The molecule has 0 bridgehead atoms. The smallest absolute Gasteiger partial charge is 0.278 e. The van der Waals surface area contributed by atoms with Gasteiger partial charge in [-0.05, 0) is 25.5 Å². The molecule has 0 spiro atoms. The monoisotopic (exact) mass is 361 g/mol. The number of para-hydroxylation sites is 1. The first kappa shape index (κ1) is 17.6. The van der Waals surface area contributed by atoms with Crippen molar-refractivity contribution in [1.82, 2.24) is 14.7 Å². The summed E-state index contributed by atoms with van der Waals surface area (Å²) in [5, 5.41) is 4.81.